The fourth-order valence-electron chi connectivity index (χ4n) is 3.72. The highest BCUT2D eigenvalue weighted by Crippen LogP contribution is 2.24. The van der Waals surface area contributed by atoms with Crippen LogP contribution in [0.4, 0.5) is 0 Å². The maximum atomic E-state index is 13.0. The summed E-state index contributed by atoms with van der Waals surface area (Å²) in [5.74, 6) is 1.38. The molecular formula is C26H25ClN4O2S. The Morgan fingerprint density at radius 3 is 2.41 bits per heavy atom. The third-order valence-corrected chi connectivity index (χ3v) is 5.95. The molecule has 1 atom stereocenters. The number of carbonyl (C=O) groups is 1. The standard InChI is InChI=1S/C26H25ClN4O2S/c1-2-33-22-14-10-20(11-15-22)25-29-30-26(34)31(25)17-16-23(32)28-24(18-6-4-3-5-7-18)19-8-12-21(27)13-9-19/h3-15,24H,2,16-17H2,1H3,(H,28,32)(H,30,34). The van der Waals surface area contributed by atoms with E-state index in [4.69, 9.17) is 28.6 Å². The summed E-state index contributed by atoms with van der Waals surface area (Å²) >= 11 is 11.5. The summed E-state index contributed by atoms with van der Waals surface area (Å²) in [7, 11) is 0. The number of amides is 1. The molecule has 8 heteroatoms. The molecule has 0 aliphatic heterocycles. The van der Waals surface area contributed by atoms with E-state index in [2.05, 4.69) is 15.5 Å². The largest absolute Gasteiger partial charge is 0.494 e. The van der Waals surface area contributed by atoms with Gasteiger partial charge in [-0.25, -0.2) is 0 Å². The molecule has 0 aliphatic rings. The summed E-state index contributed by atoms with van der Waals surface area (Å²) in [6, 6.07) is 24.7. The Labute approximate surface area is 208 Å². The first kappa shape index (κ1) is 23.7. The molecule has 174 valence electrons. The lowest BCUT2D eigenvalue weighted by Crippen LogP contribution is -2.30. The van der Waals surface area contributed by atoms with Gasteiger partial charge >= 0.3 is 0 Å². The average molecular weight is 493 g/mol. The molecule has 2 N–H and O–H groups in total. The summed E-state index contributed by atoms with van der Waals surface area (Å²) < 4.78 is 7.82. The molecule has 4 rings (SSSR count). The monoisotopic (exact) mass is 492 g/mol. The Morgan fingerprint density at radius 1 is 1.06 bits per heavy atom. The number of halogens is 1. The van der Waals surface area contributed by atoms with Crippen LogP contribution in [0.15, 0.2) is 78.9 Å². The molecule has 0 saturated carbocycles. The first-order valence-corrected chi connectivity index (χ1v) is 11.8. The second-order valence-corrected chi connectivity index (χ2v) is 8.50. The van der Waals surface area contributed by atoms with Crippen LogP contribution in [-0.2, 0) is 11.3 Å². The molecule has 1 aromatic heterocycles. The van der Waals surface area contributed by atoms with Gasteiger partial charge in [-0.05, 0) is 66.7 Å². The van der Waals surface area contributed by atoms with Crippen LogP contribution < -0.4 is 10.1 Å². The van der Waals surface area contributed by atoms with Crippen molar-refractivity contribution in [3.05, 3.63) is 99.8 Å². The number of aromatic nitrogens is 3. The number of rotatable bonds is 9. The summed E-state index contributed by atoms with van der Waals surface area (Å²) in [5.41, 5.74) is 2.84. The summed E-state index contributed by atoms with van der Waals surface area (Å²) in [5, 5.41) is 11.0. The molecule has 0 aliphatic carbocycles. The van der Waals surface area contributed by atoms with Gasteiger partial charge in [0.1, 0.15) is 5.75 Å². The molecule has 34 heavy (non-hydrogen) atoms. The van der Waals surface area contributed by atoms with Crippen LogP contribution in [0.1, 0.15) is 30.5 Å². The van der Waals surface area contributed by atoms with E-state index in [1.54, 1.807) is 0 Å². The van der Waals surface area contributed by atoms with Crippen molar-refractivity contribution in [3.8, 4) is 17.1 Å². The molecular weight excluding hydrogens is 468 g/mol. The van der Waals surface area contributed by atoms with E-state index in [1.165, 1.54) is 0 Å². The van der Waals surface area contributed by atoms with Gasteiger partial charge in [0.15, 0.2) is 10.6 Å². The second-order valence-electron chi connectivity index (χ2n) is 7.67. The van der Waals surface area contributed by atoms with Crippen molar-refractivity contribution >= 4 is 29.7 Å². The molecule has 6 nitrogen and oxygen atoms in total. The average Bonchev–Trinajstić information content (AvgIpc) is 3.23. The molecule has 4 aromatic rings. The lowest BCUT2D eigenvalue weighted by molar-refractivity contribution is -0.121. The van der Waals surface area contributed by atoms with Gasteiger partial charge in [-0.1, -0.05) is 54.1 Å². The highest BCUT2D eigenvalue weighted by Gasteiger charge is 2.18. The predicted molar refractivity (Wildman–Crippen MR) is 137 cm³/mol. The van der Waals surface area contributed by atoms with Crippen LogP contribution >= 0.6 is 23.8 Å². The molecule has 0 radical (unpaired) electrons. The van der Waals surface area contributed by atoms with E-state index in [1.807, 2.05) is 90.4 Å². The van der Waals surface area contributed by atoms with Gasteiger partial charge in [0.25, 0.3) is 0 Å². The zero-order valence-corrected chi connectivity index (χ0v) is 20.3. The molecule has 1 heterocycles. The van der Waals surface area contributed by atoms with E-state index < -0.39 is 0 Å². The Morgan fingerprint density at radius 2 is 1.74 bits per heavy atom. The summed E-state index contributed by atoms with van der Waals surface area (Å²) in [6.45, 7) is 2.94. The van der Waals surface area contributed by atoms with Gasteiger partial charge in [0.2, 0.25) is 5.91 Å². The number of carbonyl (C=O) groups excluding carboxylic acids is 1. The normalized spacial score (nSPS) is 11.7. The van der Waals surface area contributed by atoms with Crippen LogP contribution in [-0.4, -0.2) is 27.3 Å². The quantitative estimate of drug-likeness (QED) is 0.283. The Bertz CT molecular complexity index is 1290. The van der Waals surface area contributed by atoms with Crippen molar-refractivity contribution in [1.82, 2.24) is 20.1 Å². The number of nitrogens with zero attached hydrogens (tertiary/aromatic N) is 2. The van der Waals surface area contributed by atoms with Gasteiger partial charge in [-0.2, -0.15) is 5.10 Å². The van der Waals surface area contributed by atoms with Crippen molar-refractivity contribution < 1.29 is 9.53 Å². The highest BCUT2D eigenvalue weighted by atomic mass is 35.5. The van der Waals surface area contributed by atoms with Gasteiger partial charge in [0, 0.05) is 23.6 Å². The Kier molecular flexibility index (Phi) is 7.77. The molecule has 1 amide bonds. The van der Waals surface area contributed by atoms with Crippen molar-refractivity contribution in [1.29, 1.82) is 0 Å². The number of ether oxygens (including phenoxy) is 1. The zero-order valence-electron chi connectivity index (χ0n) is 18.7. The third kappa shape index (κ3) is 5.73. The van der Waals surface area contributed by atoms with Crippen LogP contribution in [0.2, 0.25) is 5.02 Å². The van der Waals surface area contributed by atoms with Gasteiger partial charge in [0.05, 0.1) is 12.6 Å². The minimum Gasteiger partial charge on any atom is -0.494 e. The Balaban J connectivity index is 1.49. The third-order valence-electron chi connectivity index (χ3n) is 5.39. The molecule has 0 bridgehead atoms. The lowest BCUT2D eigenvalue weighted by Gasteiger charge is -2.20. The summed E-state index contributed by atoms with van der Waals surface area (Å²) in [6.07, 6.45) is 0.245. The van der Waals surface area contributed by atoms with Gasteiger partial charge in [-0.15, -0.1) is 0 Å². The minimum absolute atomic E-state index is 0.0930. The Hall–Kier alpha value is -3.42. The van der Waals surface area contributed by atoms with Crippen molar-refractivity contribution in [2.45, 2.75) is 25.9 Å². The van der Waals surface area contributed by atoms with Crippen LogP contribution in [0.3, 0.4) is 0 Å². The number of benzene rings is 3. The van der Waals surface area contributed by atoms with Crippen molar-refractivity contribution in [3.63, 3.8) is 0 Å². The molecule has 0 spiro atoms. The first-order valence-electron chi connectivity index (χ1n) is 11.0. The van der Waals surface area contributed by atoms with E-state index in [9.17, 15) is 4.79 Å². The van der Waals surface area contributed by atoms with Crippen LogP contribution in [0.5, 0.6) is 5.75 Å². The van der Waals surface area contributed by atoms with Crippen molar-refractivity contribution in [2.75, 3.05) is 6.61 Å². The molecule has 3 aromatic carbocycles. The summed E-state index contributed by atoms with van der Waals surface area (Å²) in [4.78, 5) is 13.0. The fraction of sp³-hybridized carbons (Fsp3) is 0.192. The van der Waals surface area contributed by atoms with Crippen molar-refractivity contribution in [2.24, 2.45) is 0 Å². The number of H-pyrrole nitrogens is 1. The van der Waals surface area contributed by atoms with Crippen LogP contribution in [0, 0.1) is 4.77 Å². The maximum absolute atomic E-state index is 13.0. The topological polar surface area (TPSA) is 71.9 Å². The first-order chi connectivity index (χ1) is 16.5. The minimum atomic E-state index is -0.283. The van der Waals surface area contributed by atoms with E-state index >= 15 is 0 Å². The lowest BCUT2D eigenvalue weighted by atomic mass is 9.98. The number of hydrogen-bond acceptors (Lipinski definition) is 4. The van der Waals surface area contributed by atoms with E-state index in [0.717, 1.165) is 22.4 Å². The predicted octanol–water partition coefficient (Wildman–Crippen LogP) is 5.96. The van der Waals surface area contributed by atoms with E-state index in [-0.39, 0.29) is 18.4 Å². The number of nitrogens with one attached hydrogen (secondary N) is 2. The number of hydrogen-bond donors (Lipinski definition) is 2. The molecule has 0 saturated heterocycles. The molecule has 0 fully saturated rings. The SMILES string of the molecule is CCOc1ccc(-c2n[nH]c(=S)n2CCC(=O)NC(c2ccccc2)c2ccc(Cl)cc2)cc1. The van der Waals surface area contributed by atoms with E-state index in [0.29, 0.717) is 28.8 Å². The zero-order chi connectivity index (χ0) is 23.9. The smallest absolute Gasteiger partial charge is 0.222 e. The number of aromatic amines is 1. The highest BCUT2D eigenvalue weighted by molar-refractivity contribution is 7.71. The van der Waals surface area contributed by atoms with Gasteiger partial charge in [-0.3, -0.25) is 14.5 Å². The van der Waals surface area contributed by atoms with Crippen LogP contribution in [0.25, 0.3) is 11.4 Å². The molecule has 1 unspecified atom stereocenters. The van der Waals surface area contributed by atoms with Gasteiger partial charge < -0.3 is 10.1 Å². The second kappa shape index (κ2) is 11.1. The maximum Gasteiger partial charge on any atom is 0.222 e. The fourth-order valence-corrected chi connectivity index (χ4v) is 4.07.